The second kappa shape index (κ2) is 6.36. The normalized spacial score (nSPS) is 22.7. The summed E-state index contributed by atoms with van der Waals surface area (Å²) in [5.41, 5.74) is 1.72. The van der Waals surface area contributed by atoms with E-state index in [1.807, 2.05) is 24.9 Å². The van der Waals surface area contributed by atoms with Gasteiger partial charge in [-0.1, -0.05) is 17.7 Å². The van der Waals surface area contributed by atoms with E-state index in [1.54, 1.807) is 26.1 Å². The van der Waals surface area contributed by atoms with Crippen LogP contribution in [0, 0.1) is 19.8 Å². The average Bonchev–Trinajstić information content (AvgIpc) is 2.77. The first-order valence-corrected chi connectivity index (χ1v) is 8.72. The minimum atomic E-state index is -3.65. The minimum Gasteiger partial charge on any atom is -0.359 e. The molecule has 1 aromatic carbocycles. The molecular formula is C15H23N3O3S. The van der Waals surface area contributed by atoms with Crippen LogP contribution in [0.1, 0.15) is 11.1 Å². The fraction of sp³-hybridized carbons (Fsp3) is 0.533. The van der Waals surface area contributed by atoms with Crippen LogP contribution in [0.15, 0.2) is 23.1 Å². The van der Waals surface area contributed by atoms with Crippen molar-refractivity contribution in [2.75, 3.05) is 27.2 Å². The Morgan fingerprint density at radius 2 is 1.95 bits per heavy atom. The molecule has 1 fully saturated rings. The van der Waals surface area contributed by atoms with Crippen LogP contribution >= 0.6 is 0 Å². The third kappa shape index (κ3) is 3.48. The zero-order valence-corrected chi connectivity index (χ0v) is 14.2. The third-order valence-corrected chi connectivity index (χ3v) is 5.66. The molecule has 0 radical (unpaired) electrons. The van der Waals surface area contributed by atoms with Crippen LogP contribution in [0.4, 0.5) is 0 Å². The zero-order valence-electron chi connectivity index (χ0n) is 13.4. The summed E-state index contributed by atoms with van der Waals surface area (Å²) in [4.78, 5) is 14.2. The van der Waals surface area contributed by atoms with Crippen LogP contribution in [-0.2, 0) is 14.8 Å². The lowest BCUT2D eigenvalue weighted by molar-refractivity contribution is -0.124. The summed E-state index contributed by atoms with van der Waals surface area (Å²) in [6.45, 7) is 4.75. The average molecular weight is 325 g/mol. The number of likely N-dealkylation sites (tertiary alicyclic amines) is 1. The van der Waals surface area contributed by atoms with Gasteiger partial charge >= 0.3 is 0 Å². The quantitative estimate of drug-likeness (QED) is 0.832. The van der Waals surface area contributed by atoms with Gasteiger partial charge in [0.25, 0.3) is 0 Å². The van der Waals surface area contributed by atoms with E-state index in [-0.39, 0.29) is 16.7 Å². The van der Waals surface area contributed by atoms with Crippen LogP contribution in [0.5, 0.6) is 0 Å². The Balaban J connectivity index is 2.25. The van der Waals surface area contributed by atoms with Gasteiger partial charge in [-0.15, -0.1) is 0 Å². The number of rotatable bonds is 4. The van der Waals surface area contributed by atoms with Crippen molar-refractivity contribution in [3.05, 3.63) is 29.3 Å². The van der Waals surface area contributed by atoms with Crippen molar-refractivity contribution in [2.24, 2.45) is 5.92 Å². The zero-order chi connectivity index (χ0) is 16.5. The summed E-state index contributed by atoms with van der Waals surface area (Å²) < 4.78 is 27.9. The van der Waals surface area contributed by atoms with E-state index in [1.165, 1.54) is 0 Å². The van der Waals surface area contributed by atoms with Gasteiger partial charge in [-0.2, -0.15) is 0 Å². The fourth-order valence-corrected chi connectivity index (χ4v) is 4.43. The van der Waals surface area contributed by atoms with Crippen LogP contribution in [0.2, 0.25) is 0 Å². The van der Waals surface area contributed by atoms with Gasteiger partial charge in [-0.3, -0.25) is 4.79 Å². The highest BCUT2D eigenvalue weighted by Crippen LogP contribution is 2.21. The number of nitrogens with one attached hydrogen (secondary N) is 2. The number of benzene rings is 1. The second-order valence-corrected chi connectivity index (χ2v) is 7.62. The number of sulfonamides is 1. The molecule has 0 saturated carbocycles. The summed E-state index contributed by atoms with van der Waals surface area (Å²) in [6, 6.07) is 4.81. The van der Waals surface area contributed by atoms with E-state index in [0.29, 0.717) is 18.7 Å². The molecule has 1 aliphatic rings. The first-order chi connectivity index (χ1) is 10.2. The molecule has 0 spiro atoms. The summed E-state index contributed by atoms with van der Waals surface area (Å²) in [5, 5.41) is 2.60. The van der Waals surface area contributed by atoms with Crippen molar-refractivity contribution >= 4 is 15.9 Å². The maximum absolute atomic E-state index is 12.6. The van der Waals surface area contributed by atoms with Crippen molar-refractivity contribution in [1.29, 1.82) is 0 Å². The van der Waals surface area contributed by atoms with Gasteiger partial charge in [-0.05, 0) is 32.5 Å². The summed E-state index contributed by atoms with van der Waals surface area (Å²) >= 11 is 0. The predicted octanol–water partition coefficient (Wildman–Crippen LogP) is 0.258. The van der Waals surface area contributed by atoms with Crippen LogP contribution < -0.4 is 10.0 Å². The molecule has 0 unspecified atom stereocenters. The maximum atomic E-state index is 12.6. The molecule has 122 valence electrons. The highest BCUT2D eigenvalue weighted by atomic mass is 32.2. The van der Waals surface area contributed by atoms with Crippen LogP contribution in [-0.4, -0.2) is 52.5 Å². The molecule has 7 heteroatoms. The summed E-state index contributed by atoms with van der Waals surface area (Å²) in [6.07, 6.45) is 0. The number of aryl methyl sites for hydroxylation is 2. The molecule has 2 N–H and O–H groups in total. The Bertz CT molecular complexity index is 673. The van der Waals surface area contributed by atoms with Crippen molar-refractivity contribution in [3.63, 3.8) is 0 Å². The molecule has 1 aromatic rings. The number of nitrogens with zero attached hydrogens (tertiary/aromatic N) is 1. The molecule has 2 atom stereocenters. The SMILES string of the molecule is CNC(=O)[C@H]1CN(C)C[C@@H]1NS(=O)(=O)c1ccc(C)cc1C. The molecule has 1 amide bonds. The number of carbonyl (C=O) groups excluding carboxylic acids is 1. The van der Waals surface area contributed by atoms with Gasteiger partial charge < -0.3 is 10.2 Å². The topological polar surface area (TPSA) is 78.5 Å². The summed E-state index contributed by atoms with van der Waals surface area (Å²) in [5.74, 6) is -0.520. The Labute approximate surface area is 131 Å². The van der Waals surface area contributed by atoms with E-state index >= 15 is 0 Å². The smallest absolute Gasteiger partial charge is 0.241 e. The minimum absolute atomic E-state index is 0.141. The number of hydrogen-bond donors (Lipinski definition) is 2. The van der Waals surface area contributed by atoms with Gasteiger partial charge in [-0.25, -0.2) is 13.1 Å². The van der Waals surface area contributed by atoms with E-state index in [9.17, 15) is 13.2 Å². The summed E-state index contributed by atoms with van der Waals surface area (Å²) in [7, 11) is -0.204. The number of likely N-dealkylation sites (N-methyl/N-ethyl adjacent to an activating group) is 1. The molecule has 0 aliphatic carbocycles. The Morgan fingerprint density at radius 1 is 1.27 bits per heavy atom. The lowest BCUT2D eigenvalue weighted by atomic mass is 10.0. The monoisotopic (exact) mass is 325 g/mol. The molecule has 0 bridgehead atoms. The second-order valence-electron chi connectivity index (χ2n) is 5.94. The van der Waals surface area contributed by atoms with E-state index < -0.39 is 16.1 Å². The van der Waals surface area contributed by atoms with Crippen molar-refractivity contribution in [2.45, 2.75) is 24.8 Å². The van der Waals surface area contributed by atoms with Crippen molar-refractivity contribution in [3.8, 4) is 0 Å². The Morgan fingerprint density at radius 3 is 2.55 bits per heavy atom. The lowest BCUT2D eigenvalue weighted by Crippen LogP contribution is -2.45. The molecule has 22 heavy (non-hydrogen) atoms. The highest BCUT2D eigenvalue weighted by molar-refractivity contribution is 7.89. The largest absolute Gasteiger partial charge is 0.359 e. The molecule has 1 saturated heterocycles. The molecule has 2 rings (SSSR count). The predicted molar refractivity (Wildman–Crippen MR) is 85.1 cm³/mol. The lowest BCUT2D eigenvalue weighted by Gasteiger charge is -2.19. The Kier molecular flexibility index (Phi) is 4.89. The molecule has 0 aromatic heterocycles. The third-order valence-electron chi connectivity index (χ3n) is 4.01. The fourth-order valence-electron chi connectivity index (χ4n) is 2.93. The van der Waals surface area contributed by atoms with E-state index in [2.05, 4.69) is 10.0 Å². The first-order valence-electron chi connectivity index (χ1n) is 7.24. The maximum Gasteiger partial charge on any atom is 0.241 e. The van der Waals surface area contributed by atoms with E-state index in [4.69, 9.17) is 0 Å². The standard InChI is InChI=1S/C15H23N3O3S/c1-10-5-6-14(11(2)7-10)22(20,21)17-13-9-18(4)8-12(13)15(19)16-3/h5-7,12-13,17H,8-9H2,1-4H3,(H,16,19)/t12-,13-/m0/s1. The van der Waals surface area contributed by atoms with Gasteiger partial charge in [0.05, 0.1) is 10.8 Å². The van der Waals surface area contributed by atoms with Crippen LogP contribution in [0.25, 0.3) is 0 Å². The van der Waals surface area contributed by atoms with Gasteiger partial charge in [0.1, 0.15) is 0 Å². The van der Waals surface area contributed by atoms with Crippen molar-refractivity contribution in [1.82, 2.24) is 14.9 Å². The van der Waals surface area contributed by atoms with Gasteiger partial charge in [0.2, 0.25) is 15.9 Å². The number of carbonyl (C=O) groups is 1. The molecule has 6 nitrogen and oxygen atoms in total. The number of amides is 1. The first kappa shape index (κ1) is 16.9. The van der Waals surface area contributed by atoms with Gasteiger partial charge in [0, 0.05) is 26.2 Å². The van der Waals surface area contributed by atoms with Crippen LogP contribution in [0.3, 0.4) is 0 Å². The Hall–Kier alpha value is -1.44. The van der Waals surface area contributed by atoms with E-state index in [0.717, 1.165) is 5.56 Å². The highest BCUT2D eigenvalue weighted by Gasteiger charge is 2.38. The number of hydrogen-bond acceptors (Lipinski definition) is 4. The molecule has 1 aliphatic heterocycles. The van der Waals surface area contributed by atoms with Crippen molar-refractivity contribution < 1.29 is 13.2 Å². The molecular weight excluding hydrogens is 302 g/mol. The molecule has 1 heterocycles. The van der Waals surface area contributed by atoms with Gasteiger partial charge in [0.15, 0.2) is 0 Å².